The average molecular weight is 310 g/mol. The first-order chi connectivity index (χ1) is 8.52. The molecule has 2 N–H and O–H groups in total. The standard InChI is InChI=1S/C15H20BrNO/c1-4-5-13(17)14-7-10-6-11(16)8-12(9(2)3)15(10)18-14/h6-9,13H,4-5,17H2,1-3H3. The van der Waals surface area contributed by atoms with E-state index in [1.807, 2.05) is 0 Å². The fraction of sp³-hybridized carbons (Fsp3) is 0.467. The van der Waals surface area contributed by atoms with Crippen LogP contribution in [0.5, 0.6) is 0 Å². The molecule has 1 heterocycles. The van der Waals surface area contributed by atoms with Crippen molar-refractivity contribution in [3.05, 3.63) is 34.0 Å². The first-order valence-corrected chi connectivity index (χ1v) is 7.30. The van der Waals surface area contributed by atoms with Crippen molar-refractivity contribution in [2.24, 2.45) is 5.73 Å². The molecule has 0 amide bonds. The molecule has 0 fully saturated rings. The van der Waals surface area contributed by atoms with Crippen LogP contribution in [0.25, 0.3) is 11.0 Å². The van der Waals surface area contributed by atoms with Gasteiger partial charge in [0.15, 0.2) is 0 Å². The van der Waals surface area contributed by atoms with Crippen LogP contribution in [0.15, 0.2) is 27.1 Å². The Bertz CT molecular complexity index is 545. The second kappa shape index (κ2) is 5.45. The monoisotopic (exact) mass is 309 g/mol. The van der Waals surface area contributed by atoms with Gasteiger partial charge in [-0.05, 0) is 36.1 Å². The molecule has 1 atom stereocenters. The van der Waals surface area contributed by atoms with Crippen LogP contribution in [0.3, 0.4) is 0 Å². The number of benzene rings is 1. The molecule has 0 aliphatic heterocycles. The Labute approximate surface area is 117 Å². The lowest BCUT2D eigenvalue weighted by Crippen LogP contribution is -2.08. The van der Waals surface area contributed by atoms with E-state index in [1.165, 1.54) is 5.56 Å². The van der Waals surface area contributed by atoms with Gasteiger partial charge in [0.2, 0.25) is 0 Å². The normalized spacial score (nSPS) is 13.4. The number of nitrogens with two attached hydrogens (primary N) is 1. The number of halogens is 1. The van der Waals surface area contributed by atoms with Gasteiger partial charge in [0.25, 0.3) is 0 Å². The molecule has 2 aromatic rings. The zero-order valence-corrected chi connectivity index (χ0v) is 12.8. The summed E-state index contributed by atoms with van der Waals surface area (Å²) in [5.41, 5.74) is 8.34. The molecule has 1 unspecified atom stereocenters. The summed E-state index contributed by atoms with van der Waals surface area (Å²) in [6.45, 7) is 6.49. The highest BCUT2D eigenvalue weighted by atomic mass is 79.9. The molecule has 0 radical (unpaired) electrons. The SMILES string of the molecule is CCCC(N)c1cc2cc(Br)cc(C(C)C)c2o1. The van der Waals surface area contributed by atoms with Crippen molar-refractivity contribution in [3.8, 4) is 0 Å². The third-order valence-electron chi connectivity index (χ3n) is 3.22. The van der Waals surface area contributed by atoms with Gasteiger partial charge in [0.05, 0.1) is 6.04 Å². The molecule has 0 saturated carbocycles. The summed E-state index contributed by atoms with van der Waals surface area (Å²) in [7, 11) is 0. The van der Waals surface area contributed by atoms with Crippen molar-refractivity contribution >= 4 is 26.9 Å². The molecule has 98 valence electrons. The minimum absolute atomic E-state index is 0.00110. The van der Waals surface area contributed by atoms with E-state index in [9.17, 15) is 0 Å². The van der Waals surface area contributed by atoms with Crippen LogP contribution in [-0.2, 0) is 0 Å². The first-order valence-electron chi connectivity index (χ1n) is 6.51. The average Bonchev–Trinajstić information content (AvgIpc) is 2.71. The minimum Gasteiger partial charge on any atom is -0.459 e. The molecule has 0 spiro atoms. The van der Waals surface area contributed by atoms with Crippen molar-refractivity contribution in [1.82, 2.24) is 0 Å². The number of hydrogen-bond donors (Lipinski definition) is 1. The molecule has 18 heavy (non-hydrogen) atoms. The molecule has 1 aromatic carbocycles. The van der Waals surface area contributed by atoms with Gasteiger partial charge in [-0.2, -0.15) is 0 Å². The summed E-state index contributed by atoms with van der Waals surface area (Å²) in [5.74, 6) is 1.33. The Kier molecular flexibility index (Phi) is 4.13. The molecule has 0 bridgehead atoms. The summed E-state index contributed by atoms with van der Waals surface area (Å²) >= 11 is 3.56. The molecule has 3 heteroatoms. The third-order valence-corrected chi connectivity index (χ3v) is 3.67. The van der Waals surface area contributed by atoms with Crippen LogP contribution >= 0.6 is 15.9 Å². The van der Waals surface area contributed by atoms with E-state index in [0.717, 1.165) is 34.0 Å². The Hall–Kier alpha value is -0.800. The lowest BCUT2D eigenvalue weighted by Gasteiger charge is -2.07. The van der Waals surface area contributed by atoms with Gasteiger partial charge >= 0.3 is 0 Å². The summed E-state index contributed by atoms with van der Waals surface area (Å²) in [6, 6.07) is 6.30. The summed E-state index contributed by atoms with van der Waals surface area (Å²) in [5, 5.41) is 1.13. The predicted octanol–water partition coefficient (Wildman–Crippen LogP) is 5.12. The zero-order valence-electron chi connectivity index (χ0n) is 11.2. The summed E-state index contributed by atoms with van der Waals surface area (Å²) < 4.78 is 7.08. The molecule has 1 aromatic heterocycles. The first kappa shape index (κ1) is 13.6. The van der Waals surface area contributed by atoms with Crippen molar-refractivity contribution in [1.29, 1.82) is 0 Å². The minimum atomic E-state index is 0.00110. The molecular formula is C15H20BrNO. The molecule has 2 nitrogen and oxygen atoms in total. The Morgan fingerprint density at radius 2 is 2.00 bits per heavy atom. The van der Waals surface area contributed by atoms with E-state index in [0.29, 0.717) is 5.92 Å². The molecule has 0 saturated heterocycles. The van der Waals surface area contributed by atoms with Crippen molar-refractivity contribution in [2.75, 3.05) is 0 Å². The van der Waals surface area contributed by atoms with Crippen molar-refractivity contribution in [2.45, 2.75) is 45.6 Å². The second-order valence-electron chi connectivity index (χ2n) is 5.11. The smallest absolute Gasteiger partial charge is 0.137 e. The molecule has 0 aliphatic rings. The summed E-state index contributed by atoms with van der Waals surface area (Å²) in [4.78, 5) is 0. The van der Waals surface area contributed by atoms with Gasteiger partial charge in [0, 0.05) is 9.86 Å². The van der Waals surface area contributed by atoms with Crippen LogP contribution in [0, 0.1) is 0 Å². The maximum atomic E-state index is 6.13. The topological polar surface area (TPSA) is 39.2 Å². The Morgan fingerprint density at radius 3 is 2.61 bits per heavy atom. The lowest BCUT2D eigenvalue weighted by atomic mass is 10.0. The lowest BCUT2D eigenvalue weighted by molar-refractivity contribution is 0.473. The van der Waals surface area contributed by atoms with E-state index in [2.05, 4.69) is 54.9 Å². The highest BCUT2D eigenvalue weighted by Crippen LogP contribution is 2.33. The van der Waals surface area contributed by atoms with Gasteiger partial charge in [-0.15, -0.1) is 0 Å². The van der Waals surface area contributed by atoms with Gasteiger partial charge in [-0.25, -0.2) is 0 Å². The Morgan fingerprint density at radius 1 is 1.28 bits per heavy atom. The van der Waals surface area contributed by atoms with E-state index in [1.54, 1.807) is 0 Å². The fourth-order valence-corrected chi connectivity index (χ4v) is 2.72. The second-order valence-corrected chi connectivity index (χ2v) is 6.03. The number of hydrogen-bond acceptors (Lipinski definition) is 2. The number of fused-ring (bicyclic) bond motifs is 1. The van der Waals surface area contributed by atoms with E-state index < -0.39 is 0 Å². The van der Waals surface area contributed by atoms with Crippen LogP contribution in [0.2, 0.25) is 0 Å². The van der Waals surface area contributed by atoms with Gasteiger partial charge in [0.1, 0.15) is 11.3 Å². The van der Waals surface area contributed by atoms with Gasteiger partial charge in [-0.3, -0.25) is 0 Å². The van der Waals surface area contributed by atoms with Crippen LogP contribution in [0.1, 0.15) is 56.9 Å². The molecule has 0 aliphatic carbocycles. The predicted molar refractivity (Wildman–Crippen MR) is 79.8 cm³/mol. The van der Waals surface area contributed by atoms with E-state index >= 15 is 0 Å². The van der Waals surface area contributed by atoms with Crippen LogP contribution < -0.4 is 5.73 Å². The molecule has 2 rings (SSSR count). The largest absolute Gasteiger partial charge is 0.459 e. The van der Waals surface area contributed by atoms with Crippen LogP contribution in [0.4, 0.5) is 0 Å². The maximum absolute atomic E-state index is 6.13. The van der Waals surface area contributed by atoms with Gasteiger partial charge < -0.3 is 10.2 Å². The Balaban J connectivity index is 2.53. The van der Waals surface area contributed by atoms with Crippen molar-refractivity contribution < 1.29 is 4.42 Å². The number of furan rings is 1. The highest BCUT2D eigenvalue weighted by molar-refractivity contribution is 9.10. The van der Waals surface area contributed by atoms with Crippen LogP contribution in [-0.4, -0.2) is 0 Å². The molecular weight excluding hydrogens is 290 g/mol. The van der Waals surface area contributed by atoms with Gasteiger partial charge in [-0.1, -0.05) is 43.1 Å². The van der Waals surface area contributed by atoms with Crippen molar-refractivity contribution in [3.63, 3.8) is 0 Å². The number of rotatable bonds is 4. The quantitative estimate of drug-likeness (QED) is 0.851. The van der Waals surface area contributed by atoms with E-state index in [-0.39, 0.29) is 6.04 Å². The third kappa shape index (κ3) is 2.62. The zero-order chi connectivity index (χ0) is 13.3. The fourth-order valence-electron chi connectivity index (χ4n) is 2.23. The summed E-state index contributed by atoms with van der Waals surface area (Å²) in [6.07, 6.45) is 2.02. The maximum Gasteiger partial charge on any atom is 0.137 e. The van der Waals surface area contributed by atoms with E-state index in [4.69, 9.17) is 10.2 Å². The highest BCUT2D eigenvalue weighted by Gasteiger charge is 2.15.